The zero-order chi connectivity index (χ0) is 13.7. The molecule has 0 bridgehead atoms. The molecule has 6 nitrogen and oxygen atoms in total. The third-order valence-corrected chi connectivity index (χ3v) is 3.97. The second-order valence-electron chi connectivity index (χ2n) is 4.44. The number of amides is 1. The van der Waals surface area contributed by atoms with Crippen molar-refractivity contribution in [2.75, 3.05) is 45.5 Å². The molecule has 7 heteroatoms. The molecule has 0 aromatic heterocycles. The summed E-state index contributed by atoms with van der Waals surface area (Å²) < 4.78 is 0. The number of hydrogen-bond acceptors (Lipinski definition) is 6. The maximum absolute atomic E-state index is 12.2. The van der Waals surface area contributed by atoms with Gasteiger partial charge < -0.3 is 15.1 Å². The van der Waals surface area contributed by atoms with Gasteiger partial charge in [0.1, 0.15) is 11.6 Å². The lowest BCUT2D eigenvalue weighted by atomic mass is 10.2. The fraction of sp³-hybridized carbons (Fsp3) is 0.583. The number of rotatable bonds is 2. The number of carbonyl (C=O) groups is 1. The van der Waals surface area contributed by atoms with Crippen LogP contribution in [0.2, 0.25) is 0 Å². The summed E-state index contributed by atoms with van der Waals surface area (Å²) in [5, 5.41) is 12.8. The zero-order valence-corrected chi connectivity index (χ0v) is 11.7. The van der Waals surface area contributed by atoms with E-state index in [1.54, 1.807) is 16.7 Å². The summed E-state index contributed by atoms with van der Waals surface area (Å²) in [5.41, 5.74) is 0.139. The van der Waals surface area contributed by atoms with Gasteiger partial charge in [-0.15, -0.1) is 0 Å². The Morgan fingerprint density at radius 3 is 2.79 bits per heavy atom. The molecule has 0 aromatic rings. The predicted molar refractivity (Wildman–Crippen MR) is 75.7 cm³/mol. The van der Waals surface area contributed by atoms with Gasteiger partial charge in [-0.05, 0) is 7.05 Å². The first kappa shape index (κ1) is 13.9. The summed E-state index contributed by atoms with van der Waals surface area (Å²) in [6.45, 7) is 3.82. The van der Waals surface area contributed by atoms with E-state index >= 15 is 0 Å². The smallest absolute Gasteiger partial charge is 0.266 e. The van der Waals surface area contributed by atoms with Gasteiger partial charge in [-0.3, -0.25) is 9.79 Å². The number of carbonyl (C=O) groups excluding carboxylic acids is 1. The van der Waals surface area contributed by atoms with Gasteiger partial charge >= 0.3 is 0 Å². The lowest BCUT2D eigenvalue weighted by Crippen LogP contribution is -2.47. The molecular formula is C12H17N5OS. The molecule has 1 amide bonds. The Labute approximate surface area is 117 Å². The number of hydrogen-bond donors (Lipinski definition) is 1. The van der Waals surface area contributed by atoms with Gasteiger partial charge in [-0.2, -0.15) is 5.26 Å². The van der Waals surface area contributed by atoms with Gasteiger partial charge in [-0.1, -0.05) is 11.8 Å². The maximum Gasteiger partial charge on any atom is 0.266 e. The van der Waals surface area contributed by atoms with Crippen molar-refractivity contribution in [1.29, 1.82) is 5.26 Å². The quantitative estimate of drug-likeness (QED) is 0.563. The molecule has 0 aromatic carbocycles. The van der Waals surface area contributed by atoms with E-state index in [4.69, 9.17) is 5.26 Å². The van der Waals surface area contributed by atoms with Crippen molar-refractivity contribution in [3.05, 3.63) is 11.8 Å². The number of piperazine rings is 1. The Kier molecular flexibility index (Phi) is 4.82. The first-order valence-electron chi connectivity index (χ1n) is 6.22. The maximum atomic E-state index is 12.2. The second kappa shape index (κ2) is 6.59. The van der Waals surface area contributed by atoms with Crippen molar-refractivity contribution in [2.45, 2.75) is 0 Å². The minimum Gasteiger partial charge on any atom is -0.340 e. The molecule has 1 N–H and O–H groups in total. The van der Waals surface area contributed by atoms with E-state index in [0.29, 0.717) is 13.1 Å². The highest BCUT2D eigenvalue weighted by Crippen LogP contribution is 2.10. The molecule has 0 unspecified atom stereocenters. The molecule has 0 spiro atoms. The molecule has 2 rings (SSSR count). The van der Waals surface area contributed by atoms with E-state index in [2.05, 4.69) is 15.2 Å². The predicted octanol–water partition coefficient (Wildman–Crippen LogP) is -0.140. The first-order chi connectivity index (χ1) is 9.20. The number of nitrogens with zero attached hydrogens (tertiary/aromatic N) is 4. The van der Waals surface area contributed by atoms with Crippen LogP contribution in [-0.2, 0) is 4.79 Å². The summed E-state index contributed by atoms with van der Waals surface area (Å²) in [5.74, 6) is 0.747. The van der Waals surface area contributed by atoms with E-state index in [0.717, 1.165) is 30.6 Å². The normalized spacial score (nSPS) is 20.9. The Bertz CT molecular complexity index is 446. The Morgan fingerprint density at radius 2 is 2.21 bits per heavy atom. The van der Waals surface area contributed by atoms with Crippen LogP contribution in [0.4, 0.5) is 0 Å². The highest BCUT2D eigenvalue weighted by molar-refractivity contribution is 8.14. The van der Waals surface area contributed by atoms with E-state index in [-0.39, 0.29) is 11.5 Å². The van der Waals surface area contributed by atoms with Crippen LogP contribution in [0.25, 0.3) is 0 Å². The SMILES string of the molecule is CN1CCN(C(=O)/C(C#N)=C\NC2=NCCS2)CC1. The molecule has 2 aliphatic rings. The fourth-order valence-electron chi connectivity index (χ4n) is 1.88. The highest BCUT2D eigenvalue weighted by Gasteiger charge is 2.22. The lowest BCUT2D eigenvalue weighted by molar-refractivity contribution is -0.128. The minimum absolute atomic E-state index is 0.139. The highest BCUT2D eigenvalue weighted by atomic mass is 32.2. The van der Waals surface area contributed by atoms with Crippen LogP contribution >= 0.6 is 11.8 Å². The average Bonchev–Trinajstić information content (AvgIpc) is 2.93. The van der Waals surface area contributed by atoms with Gasteiger partial charge in [0.25, 0.3) is 5.91 Å². The Morgan fingerprint density at radius 1 is 1.47 bits per heavy atom. The number of amidine groups is 1. The van der Waals surface area contributed by atoms with Crippen LogP contribution < -0.4 is 5.32 Å². The van der Waals surface area contributed by atoms with Crippen LogP contribution in [0.3, 0.4) is 0 Å². The molecule has 2 heterocycles. The third kappa shape index (κ3) is 3.72. The minimum atomic E-state index is -0.202. The summed E-state index contributed by atoms with van der Waals surface area (Å²) in [7, 11) is 2.03. The first-order valence-corrected chi connectivity index (χ1v) is 7.21. The van der Waals surface area contributed by atoms with Gasteiger partial charge in [-0.25, -0.2) is 0 Å². The van der Waals surface area contributed by atoms with Crippen molar-refractivity contribution in [2.24, 2.45) is 4.99 Å². The molecule has 0 radical (unpaired) electrons. The van der Waals surface area contributed by atoms with E-state index in [1.165, 1.54) is 6.20 Å². The van der Waals surface area contributed by atoms with Crippen molar-refractivity contribution < 1.29 is 4.79 Å². The number of nitriles is 1. The van der Waals surface area contributed by atoms with Gasteiger partial charge in [0.05, 0.1) is 6.54 Å². The van der Waals surface area contributed by atoms with Crippen LogP contribution in [0.1, 0.15) is 0 Å². The standard InChI is InChI=1S/C12H17N5OS/c1-16-3-5-17(6-4-16)11(18)10(8-13)9-15-12-14-2-7-19-12/h9H,2-7H2,1H3,(H,14,15)/b10-9-. The largest absolute Gasteiger partial charge is 0.340 e. The molecule has 0 atom stereocenters. The summed E-state index contributed by atoms with van der Waals surface area (Å²) in [6.07, 6.45) is 1.47. The Balaban J connectivity index is 1.94. The number of nitrogens with one attached hydrogen (secondary N) is 1. The van der Waals surface area contributed by atoms with E-state index < -0.39 is 0 Å². The number of likely N-dealkylation sites (N-methyl/N-ethyl adjacent to an activating group) is 1. The number of thioether (sulfide) groups is 1. The molecule has 2 aliphatic heterocycles. The summed E-state index contributed by atoms with van der Waals surface area (Å²) in [6, 6.07) is 1.96. The second-order valence-corrected chi connectivity index (χ2v) is 5.53. The third-order valence-electron chi connectivity index (χ3n) is 3.07. The van der Waals surface area contributed by atoms with Gasteiger partial charge in [0.15, 0.2) is 5.17 Å². The summed E-state index contributed by atoms with van der Waals surface area (Å²) >= 11 is 1.60. The van der Waals surface area contributed by atoms with Crippen molar-refractivity contribution in [1.82, 2.24) is 15.1 Å². The van der Waals surface area contributed by atoms with Crippen LogP contribution in [0.5, 0.6) is 0 Å². The van der Waals surface area contributed by atoms with Crippen molar-refractivity contribution in [3.8, 4) is 6.07 Å². The molecule has 1 saturated heterocycles. The lowest BCUT2D eigenvalue weighted by Gasteiger charge is -2.32. The van der Waals surface area contributed by atoms with E-state index in [1.807, 2.05) is 13.1 Å². The number of aliphatic imine (C=N–C) groups is 1. The van der Waals surface area contributed by atoms with E-state index in [9.17, 15) is 4.79 Å². The van der Waals surface area contributed by atoms with Gasteiger partial charge in [0, 0.05) is 38.1 Å². The van der Waals surface area contributed by atoms with Crippen LogP contribution in [-0.4, -0.2) is 66.4 Å². The molecule has 1 fully saturated rings. The molecular weight excluding hydrogens is 262 g/mol. The zero-order valence-electron chi connectivity index (χ0n) is 10.9. The monoisotopic (exact) mass is 279 g/mol. The Hall–Kier alpha value is -1.52. The molecule has 0 aliphatic carbocycles. The van der Waals surface area contributed by atoms with Crippen molar-refractivity contribution >= 4 is 22.8 Å². The molecule has 0 saturated carbocycles. The summed E-state index contributed by atoms with van der Waals surface area (Å²) in [4.78, 5) is 20.3. The molecule has 19 heavy (non-hydrogen) atoms. The van der Waals surface area contributed by atoms with Crippen LogP contribution in [0.15, 0.2) is 16.8 Å². The van der Waals surface area contributed by atoms with Crippen LogP contribution in [0, 0.1) is 11.3 Å². The van der Waals surface area contributed by atoms with Gasteiger partial charge in [0.2, 0.25) is 0 Å². The average molecular weight is 279 g/mol. The fourth-order valence-corrected chi connectivity index (χ4v) is 2.58. The molecule has 102 valence electrons. The van der Waals surface area contributed by atoms with Crippen molar-refractivity contribution in [3.63, 3.8) is 0 Å². The topological polar surface area (TPSA) is 71.7 Å².